The maximum atomic E-state index is 11.4. The molecule has 0 spiro atoms. The molecule has 0 saturated heterocycles. The average molecular weight is 214 g/mol. The lowest BCUT2D eigenvalue weighted by atomic mass is 10.3. The highest BCUT2D eigenvalue weighted by molar-refractivity contribution is 5.78. The zero-order chi connectivity index (χ0) is 11.1. The molecule has 0 aromatic carbocycles. The maximum Gasteiger partial charge on any atom is 0.234 e. The van der Waals surface area contributed by atoms with Crippen LogP contribution in [0.2, 0.25) is 0 Å². The molecular weight excluding hydrogens is 192 g/mol. The van der Waals surface area contributed by atoms with Crippen LogP contribution in [-0.4, -0.2) is 38.8 Å². The number of hydrogen-bond donors (Lipinski definition) is 2. The van der Waals surface area contributed by atoms with Gasteiger partial charge in [-0.05, 0) is 25.8 Å². The van der Waals surface area contributed by atoms with Crippen LogP contribution in [-0.2, 0) is 9.53 Å². The molecule has 1 atom stereocenters. The van der Waals surface area contributed by atoms with Crippen LogP contribution < -0.4 is 10.6 Å². The summed E-state index contributed by atoms with van der Waals surface area (Å²) in [6.45, 7) is 3.87. The largest absolute Gasteiger partial charge is 0.383 e. The zero-order valence-electron chi connectivity index (χ0n) is 9.71. The first-order valence-electron chi connectivity index (χ1n) is 5.71. The second-order valence-corrected chi connectivity index (χ2v) is 4.33. The van der Waals surface area contributed by atoms with E-state index in [4.69, 9.17) is 4.74 Å². The first-order valence-corrected chi connectivity index (χ1v) is 5.71. The lowest BCUT2D eigenvalue weighted by Gasteiger charge is -2.12. The minimum absolute atomic E-state index is 0.0512. The van der Waals surface area contributed by atoms with Gasteiger partial charge in [-0.1, -0.05) is 12.8 Å². The second-order valence-electron chi connectivity index (χ2n) is 4.33. The predicted octanol–water partition coefficient (Wildman–Crippen LogP) is 0.527. The minimum Gasteiger partial charge on any atom is -0.383 e. The summed E-state index contributed by atoms with van der Waals surface area (Å²) in [5.41, 5.74) is 0. The van der Waals surface area contributed by atoms with E-state index in [1.165, 1.54) is 19.3 Å². The third-order valence-corrected chi connectivity index (χ3v) is 2.54. The Morgan fingerprint density at radius 1 is 1.53 bits per heavy atom. The molecule has 0 aliphatic heterocycles. The Kier molecular flexibility index (Phi) is 5.65. The van der Waals surface area contributed by atoms with Crippen molar-refractivity contribution in [3.63, 3.8) is 0 Å². The monoisotopic (exact) mass is 214 g/mol. The number of carbonyl (C=O) groups excluding carboxylic acids is 1. The molecule has 1 fully saturated rings. The van der Waals surface area contributed by atoms with Gasteiger partial charge in [0.15, 0.2) is 0 Å². The number of nitrogens with one attached hydrogen (secondary N) is 2. The van der Waals surface area contributed by atoms with E-state index >= 15 is 0 Å². The van der Waals surface area contributed by atoms with E-state index in [1.54, 1.807) is 7.11 Å². The highest BCUT2D eigenvalue weighted by atomic mass is 16.5. The summed E-state index contributed by atoms with van der Waals surface area (Å²) in [6, 6.07) is 0.0905. The van der Waals surface area contributed by atoms with Gasteiger partial charge in [-0.3, -0.25) is 4.79 Å². The van der Waals surface area contributed by atoms with Crippen molar-refractivity contribution in [3.8, 4) is 0 Å². The van der Waals surface area contributed by atoms with Gasteiger partial charge in [-0.15, -0.1) is 0 Å². The molecule has 0 aromatic rings. The summed E-state index contributed by atoms with van der Waals surface area (Å²) in [7, 11) is 1.64. The molecule has 1 unspecified atom stereocenters. The third-order valence-electron chi connectivity index (χ3n) is 2.54. The number of amides is 1. The van der Waals surface area contributed by atoms with Crippen LogP contribution in [0.4, 0.5) is 0 Å². The van der Waals surface area contributed by atoms with E-state index in [2.05, 4.69) is 10.6 Å². The fourth-order valence-corrected chi connectivity index (χ4v) is 1.53. The SMILES string of the molecule is COCC(C)NC(=O)CNCCC1CC1. The molecule has 0 heterocycles. The van der Waals surface area contributed by atoms with Crippen molar-refractivity contribution in [1.29, 1.82) is 0 Å². The Bertz CT molecular complexity index is 193. The lowest BCUT2D eigenvalue weighted by Crippen LogP contribution is -2.41. The molecule has 1 amide bonds. The van der Waals surface area contributed by atoms with Gasteiger partial charge in [0.2, 0.25) is 5.91 Å². The van der Waals surface area contributed by atoms with Gasteiger partial charge in [0.1, 0.15) is 0 Å². The van der Waals surface area contributed by atoms with Crippen molar-refractivity contribution in [1.82, 2.24) is 10.6 Å². The van der Waals surface area contributed by atoms with E-state index in [9.17, 15) is 4.79 Å². The number of carbonyl (C=O) groups is 1. The predicted molar refractivity (Wildman–Crippen MR) is 59.7 cm³/mol. The molecule has 4 nitrogen and oxygen atoms in total. The highest BCUT2D eigenvalue weighted by Crippen LogP contribution is 2.31. The molecule has 2 N–H and O–H groups in total. The molecule has 1 saturated carbocycles. The van der Waals surface area contributed by atoms with Gasteiger partial charge in [0, 0.05) is 13.2 Å². The van der Waals surface area contributed by atoms with E-state index in [0.717, 1.165) is 12.5 Å². The number of methoxy groups -OCH3 is 1. The summed E-state index contributed by atoms with van der Waals surface area (Å²) in [6.07, 6.45) is 3.96. The van der Waals surface area contributed by atoms with Crippen molar-refractivity contribution in [2.75, 3.05) is 26.8 Å². The number of rotatable bonds is 8. The van der Waals surface area contributed by atoms with E-state index in [0.29, 0.717) is 13.2 Å². The maximum absolute atomic E-state index is 11.4. The zero-order valence-corrected chi connectivity index (χ0v) is 9.71. The molecule has 4 heteroatoms. The molecule has 0 aromatic heterocycles. The van der Waals surface area contributed by atoms with Crippen molar-refractivity contribution in [2.24, 2.45) is 5.92 Å². The fraction of sp³-hybridized carbons (Fsp3) is 0.909. The molecule has 0 bridgehead atoms. The fourth-order valence-electron chi connectivity index (χ4n) is 1.53. The van der Waals surface area contributed by atoms with Gasteiger partial charge >= 0.3 is 0 Å². The summed E-state index contributed by atoms with van der Waals surface area (Å²) in [5.74, 6) is 0.975. The normalized spacial score (nSPS) is 17.5. The number of hydrogen-bond acceptors (Lipinski definition) is 3. The van der Waals surface area contributed by atoms with Crippen molar-refractivity contribution >= 4 is 5.91 Å². The van der Waals surface area contributed by atoms with Crippen LogP contribution >= 0.6 is 0 Å². The quantitative estimate of drug-likeness (QED) is 0.579. The van der Waals surface area contributed by atoms with E-state index in [-0.39, 0.29) is 11.9 Å². The summed E-state index contributed by atoms with van der Waals surface area (Å²) in [4.78, 5) is 11.4. The molecule has 1 aliphatic carbocycles. The Balaban J connectivity index is 1.92. The van der Waals surface area contributed by atoms with E-state index in [1.807, 2.05) is 6.92 Å². The molecular formula is C11H22N2O2. The Morgan fingerprint density at radius 2 is 2.27 bits per heavy atom. The van der Waals surface area contributed by atoms with Gasteiger partial charge in [-0.2, -0.15) is 0 Å². The van der Waals surface area contributed by atoms with Crippen LogP contribution in [0.1, 0.15) is 26.2 Å². The standard InChI is InChI=1S/C11H22N2O2/c1-9(8-15-2)13-11(14)7-12-6-5-10-3-4-10/h9-10,12H,3-8H2,1-2H3,(H,13,14). The number of ether oxygens (including phenoxy) is 1. The van der Waals surface area contributed by atoms with Crippen molar-refractivity contribution in [3.05, 3.63) is 0 Å². The Morgan fingerprint density at radius 3 is 2.87 bits per heavy atom. The van der Waals surface area contributed by atoms with Gasteiger partial charge in [0.25, 0.3) is 0 Å². The van der Waals surface area contributed by atoms with Crippen LogP contribution in [0.5, 0.6) is 0 Å². The van der Waals surface area contributed by atoms with Crippen molar-refractivity contribution in [2.45, 2.75) is 32.2 Å². The summed E-state index contributed by atoms with van der Waals surface area (Å²) >= 11 is 0. The lowest BCUT2D eigenvalue weighted by molar-refractivity contribution is -0.121. The molecule has 1 rings (SSSR count). The van der Waals surface area contributed by atoms with Crippen LogP contribution in [0.15, 0.2) is 0 Å². The first kappa shape index (κ1) is 12.5. The minimum atomic E-state index is 0.0512. The van der Waals surface area contributed by atoms with Gasteiger partial charge in [-0.25, -0.2) is 0 Å². The highest BCUT2D eigenvalue weighted by Gasteiger charge is 2.20. The van der Waals surface area contributed by atoms with Gasteiger partial charge in [0.05, 0.1) is 13.2 Å². The molecule has 15 heavy (non-hydrogen) atoms. The molecule has 0 radical (unpaired) electrons. The van der Waals surface area contributed by atoms with Crippen molar-refractivity contribution < 1.29 is 9.53 Å². The first-order chi connectivity index (χ1) is 7.22. The smallest absolute Gasteiger partial charge is 0.234 e. The average Bonchev–Trinajstić information content (AvgIpc) is 2.96. The van der Waals surface area contributed by atoms with Crippen LogP contribution in [0.3, 0.4) is 0 Å². The Labute approximate surface area is 91.8 Å². The second kappa shape index (κ2) is 6.80. The van der Waals surface area contributed by atoms with E-state index < -0.39 is 0 Å². The van der Waals surface area contributed by atoms with Gasteiger partial charge < -0.3 is 15.4 Å². The third kappa shape index (κ3) is 6.47. The topological polar surface area (TPSA) is 50.4 Å². The molecule has 1 aliphatic rings. The van der Waals surface area contributed by atoms with Crippen LogP contribution in [0.25, 0.3) is 0 Å². The summed E-state index contributed by atoms with van der Waals surface area (Å²) < 4.78 is 4.93. The molecule has 88 valence electrons. The Hall–Kier alpha value is -0.610. The summed E-state index contributed by atoms with van der Waals surface area (Å²) in [5, 5.41) is 6.01. The van der Waals surface area contributed by atoms with Crippen LogP contribution in [0, 0.1) is 5.92 Å².